The van der Waals surface area contributed by atoms with E-state index in [9.17, 15) is 10.2 Å². The maximum absolute atomic E-state index is 11.1. The number of aliphatic hydroxyl groups excluding tert-OH is 1. The van der Waals surface area contributed by atoms with E-state index in [0.717, 1.165) is 29.7 Å². The van der Waals surface area contributed by atoms with Crippen molar-refractivity contribution in [3.8, 4) is 5.75 Å². The highest BCUT2D eigenvalue weighted by Gasteiger charge is 2.32. The number of aliphatic hydroxyl groups is 1. The summed E-state index contributed by atoms with van der Waals surface area (Å²) in [6.07, 6.45) is 13.6. The van der Waals surface area contributed by atoms with Gasteiger partial charge in [-0.05, 0) is 71.5 Å². The van der Waals surface area contributed by atoms with Gasteiger partial charge in [0.2, 0.25) is 0 Å². The first-order valence-electron chi connectivity index (χ1n) is 13.4. The number of allylic oxidation sites excluding steroid dienone is 6. The Bertz CT molecular complexity index is 991. The van der Waals surface area contributed by atoms with Gasteiger partial charge in [-0.1, -0.05) is 84.9 Å². The molecule has 1 aliphatic carbocycles. The van der Waals surface area contributed by atoms with Gasteiger partial charge in [-0.15, -0.1) is 5.48 Å². The van der Waals surface area contributed by atoms with E-state index in [-0.39, 0.29) is 28.8 Å². The highest BCUT2D eigenvalue weighted by Crippen LogP contribution is 2.41. The second-order valence-electron chi connectivity index (χ2n) is 12.1. The van der Waals surface area contributed by atoms with Gasteiger partial charge in [0.25, 0.3) is 0 Å². The van der Waals surface area contributed by atoms with Crippen LogP contribution < -0.4 is 10.8 Å². The van der Waals surface area contributed by atoms with Crippen LogP contribution in [0.4, 0.5) is 0 Å². The molecule has 0 saturated carbocycles. The number of aromatic hydroxyl groups is 1. The first-order chi connectivity index (χ1) is 17.3. The van der Waals surface area contributed by atoms with E-state index in [1.165, 1.54) is 0 Å². The van der Waals surface area contributed by atoms with Crippen LogP contribution in [-0.4, -0.2) is 35.2 Å². The Morgan fingerprint density at radius 2 is 1.57 bits per heavy atom. The van der Waals surface area contributed by atoms with Gasteiger partial charge in [0.15, 0.2) is 12.0 Å². The minimum atomic E-state index is -0.995. The van der Waals surface area contributed by atoms with Gasteiger partial charge >= 0.3 is 0 Å². The fourth-order valence-corrected chi connectivity index (χ4v) is 4.72. The third-order valence-corrected chi connectivity index (χ3v) is 6.87. The van der Waals surface area contributed by atoms with Crippen molar-refractivity contribution >= 4 is 0 Å². The highest BCUT2D eigenvalue weighted by molar-refractivity contribution is 5.51. The molecule has 4 N–H and O–H groups in total. The first-order valence-corrected chi connectivity index (χ1v) is 13.4. The van der Waals surface area contributed by atoms with Crippen LogP contribution >= 0.6 is 0 Å². The Morgan fingerprint density at radius 1 is 1.00 bits per heavy atom. The molecule has 1 heterocycles. The minimum absolute atomic E-state index is 0.195. The molecule has 37 heavy (non-hydrogen) atoms. The minimum Gasteiger partial charge on any atom is -0.507 e. The molecule has 6 heteroatoms. The molecule has 0 spiro atoms. The Balaban J connectivity index is 1.77. The lowest BCUT2D eigenvalue weighted by Crippen LogP contribution is -2.44. The van der Waals surface area contributed by atoms with Crippen LogP contribution in [0.1, 0.15) is 84.5 Å². The fourth-order valence-electron chi connectivity index (χ4n) is 4.72. The van der Waals surface area contributed by atoms with E-state index < -0.39 is 12.4 Å². The molecule has 3 rings (SSSR count). The standard InChI is InChI=1S/C31H46N2O4/c1-9-32-26(16-21-14-12-10-11-13-15-21)29(35)36-20(2)27-19-25(33-37-27)22-17-23(30(3,4)5)28(34)24(18-22)31(6,7)8/h10-15,17-21,25-26,29,32-35H,9,16H2,1-8H3. The predicted molar refractivity (Wildman–Crippen MR) is 150 cm³/mol. The molecule has 0 fully saturated rings. The van der Waals surface area contributed by atoms with E-state index in [4.69, 9.17) is 9.57 Å². The lowest BCUT2D eigenvalue weighted by atomic mass is 9.77. The number of likely N-dealkylation sites (N-methyl/N-ethyl adjacent to an activating group) is 1. The third-order valence-electron chi connectivity index (χ3n) is 6.87. The fraction of sp³-hybridized carbons (Fsp3) is 0.548. The van der Waals surface area contributed by atoms with Crippen molar-refractivity contribution in [2.24, 2.45) is 5.92 Å². The number of nitrogens with one attached hydrogen (secondary N) is 2. The number of hydroxylamine groups is 1. The average Bonchev–Trinajstić information content (AvgIpc) is 3.16. The largest absolute Gasteiger partial charge is 0.507 e. The van der Waals surface area contributed by atoms with Crippen LogP contribution in [0, 0.1) is 5.92 Å². The second kappa shape index (κ2) is 12.0. The van der Waals surface area contributed by atoms with E-state index in [2.05, 4.69) is 76.6 Å². The molecule has 0 amide bonds. The number of hydrogen-bond acceptors (Lipinski definition) is 6. The maximum Gasteiger partial charge on any atom is 0.170 e. The number of phenolic OH excluding ortho intramolecular Hbond substituents is 1. The molecule has 1 aromatic carbocycles. The predicted octanol–water partition coefficient (Wildman–Crippen LogP) is 5.84. The van der Waals surface area contributed by atoms with Gasteiger partial charge in [0, 0.05) is 0 Å². The summed E-state index contributed by atoms with van der Waals surface area (Å²) in [4.78, 5) is 5.83. The van der Waals surface area contributed by atoms with Crippen LogP contribution in [-0.2, 0) is 20.4 Å². The molecule has 1 aliphatic heterocycles. The van der Waals surface area contributed by atoms with Crippen LogP contribution in [0.15, 0.2) is 60.4 Å². The highest BCUT2D eigenvalue weighted by atomic mass is 16.7. The maximum atomic E-state index is 11.1. The summed E-state index contributed by atoms with van der Waals surface area (Å²) in [5.74, 6) is 1.19. The lowest BCUT2D eigenvalue weighted by Gasteiger charge is -2.29. The van der Waals surface area contributed by atoms with Crippen LogP contribution in [0.25, 0.3) is 0 Å². The van der Waals surface area contributed by atoms with Crippen molar-refractivity contribution in [3.63, 3.8) is 0 Å². The molecular formula is C31H46N2O4. The monoisotopic (exact) mass is 510 g/mol. The van der Waals surface area contributed by atoms with Gasteiger partial charge < -0.3 is 25.1 Å². The zero-order valence-electron chi connectivity index (χ0n) is 23.7. The van der Waals surface area contributed by atoms with Crippen molar-refractivity contribution in [2.75, 3.05) is 6.54 Å². The smallest absolute Gasteiger partial charge is 0.170 e. The van der Waals surface area contributed by atoms with Gasteiger partial charge in [0.05, 0.1) is 12.1 Å². The van der Waals surface area contributed by atoms with E-state index in [0.29, 0.717) is 11.5 Å². The number of rotatable bonds is 9. The Labute approximate surface area is 223 Å². The average molecular weight is 511 g/mol. The molecule has 4 atom stereocenters. The molecule has 2 aliphatic rings. The van der Waals surface area contributed by atoms with Crippen molar-refractivity contribution < 1.29 is 19.8 Å². The van der Waals surface area contributed by atoms with Crippen molar-refractivity contribution in [2.45, 2.75) is 97.1 Å². The Hall–Kier alpha value is -2.38. The summed E-state index contributed by atoms with van der Waals surface area (Å²) in [5, 5.41) is 25.4. The summed E-state index contributed by atoms with van der Waals surface area (Å²) in [6.45, 7) is 17.3. The molecule has 1 aromatic rings. The molecule has 6 nitrogen and oxygen atoms in total. The molecule has 0 bridgehead atoms. The summed E-state index contributed by atoms with van der Waals surface area (Å²) >= 11 is 0. The summed E-state index contributed by atoms with van der Waals surface area (Å²) in [7, 11) is 0. The van der Waals surface area contributed by atoms with E-state index in [1.807, 2.05) is 44.2 Å². The van der Waals surface area contributed by atoms with Crippen molar-refractivity contribution in [1.29, 1.82) is 0 Å². The number of benzene rings is 1. The molecular weight excluding hydrogens is 464 g/mol. The van der Waals surface area contributed by atoms with E-state index >= 15 is 0 Å². The number of phenols is 1. The van der Waals surface area contributed by atoms with E-state index in [1.54, 1.807) is 0 Å². The summed E-state index contributed by atoms with van der Waals surface area (Å²) < 4.78 is 6.04. The number of ether oxygens (including phenoxy) is 1. The zero-order chi connectivity index (χ0) is 27.4. The summed E-state index contributed by atoms with van der Waals surface area (Å²) in [5.41, 5.74) is 5.50. The van der Waals surface area contributed by atoms with Gasteiger partial charge in [-0.2, -0.15) is 0 Å². The van der Waals surface area contributed by atoms with Crippen molar-refractivity contribution in [1.82, 2.24) is 10.8 Å². The van der Waals surface area contributed by atoms with Gasteiger partial charge in [0.1, 0.15) is 11.9 Å². The van der Waals surface area contributed by atoms with Gasteiger partial charge in [-0.25, -0.2) is 0 Å². The third kappa shape index (κ3) is 7.57. The van der Waals surface area contributed by atoms with Crippen molar-refractivity contribution in [3.05, 3.63) is 77.1 Å². The second-order valence-corrected chi connectivity index (χ2v) is 12.1. The Kier molecular flexibility index (Phi) is 9.46. The summed E-state index contributed by atoms with van der Waals surface area (Å²) in [6, 6.07) is 3.68. The number of hydrogen-bond donors (Lipinski definition) is 4. The topological polar surface area (TPSA) is 83.0 Å². The molecule has 0 aromatic heterocycles. The normalized spacial score (nSPS) is 20.9. The Morgan fingerprint density at radius 3 is 2.08 bits per heavy atom. The lowest BCUT2D eigenvalue weighted by molar-refractivity contribution is -0.151. The van der Waals surface area contributed by atoms with Crippen LogP contribution in [0.5, 0.6) is 5.75 Å². The molecule has 204 valence electrons. The quantitative estimate of drug-likeness (QED) is 0.313. The first kappa shape index (κ1) is 29.2. The molecule has 0 saturated heterocycles. The van der Waals surface area contributed by atoms with Crippen LogP contribution in [0.3, 0.4) is 0 Å². The molecule has 0 radical (unpaired) electrons. The SMILES string of the molecule is CCNC(CC1C=CC=CC=C1)C(O)OC(C)C1=CC(c2cc(C(C)(C)C)c(O)c(C(C)(C)C)c2)NO1. The van der Waals surface area contributed by atoms with Crippen LogP contribution in [0.2, 0.25) is 0 Å². The van der Waals surface area contributed by atoms with Gasteiger partial charge in [-0.3, -0.25) is 0 Å². The molecule has 4 unspecified atom stereocenters. The zero-order valence-corrected chi connectivity index (χ0v) is 23.7.